The summed E-state index contributed by atoms with van der Waals surface area (Å²) in [5.41, 5.74) is 15.9. The van der Waals surface area contributed by atoms with Crippen LogP contribution in [0.25, 0.3) is 43.8 Å². The molecule has 0 bridgehead atoms. The zero-order valence-electron chi connectivity index (χ0n) is 27.1. The standard InChI is InChI=1S/C45H37N/c1-28-24-39-42(33-22-14-12-20-31(28)33)35-25-38-36(26-37(35)44(39,2)3)43-34-23-15-13-21-32(34)41(27-40(43)45(38,4)5)46(29-16-8-6-9-17-29)30-18-10-7-11-19-30/h6-27H,1-5H3. The van der Waals surface area contributed by atoms with E-state index in [0.717, 1.165) is 11.4 Å². The lowest BCUT2D eigenvalue weighted by Gasteiger charge is -2.29. The second-order valence-corrected chi connectivity index (χ2v) is 14.2. The zero-order valence-corrected chi connectivity index (χ0v) is 27.1. The van der Waals surface area contributed by atoms with Crippen LogP contribution in [-0.2, 0) is 10.8 Å². The molecule has 2 aliphatic carbocycles. The number of hydrogen-bond donors (Lipinski definition) is 0. The van der Waals surface area contributed by atoms with Crippen molar-refractivity contribution in [2.24, 2.45) is 0 Å². The molecule has 222 valence electrons. The van der Waals surface area contributed by atoms with Gasteiger partial charge in [0.2, 0.25) is 0 Å². The summed E-state index contributed by atoms with van der Waals surface area (Å²) in [6, 6.07) is 49.6. The van der Waals surface area contributed by atoms with Crippen molar-refractivity contribution in [3.05, 3.63) is 161 Å². The predicted molar refractivity (Wildman–Crippen MR) is 196 cm³/mol. The third-order valence-electron chi connectivity index (χ3n) is 10.9. The van der Waals surface area contributed by atoms with E-state index in [2.05, 4.69) is 173 Å². The number of hydrogen-bond acceptors (Lipinski definition) is 1. The van der Waals surface area contributed by atoms with Gasteiger partial charge in [-0.2, -0.15) is 0 Å². The van der Waals surface area contributed by atoms with Gasteiger partial charge in [0.15, 0.2) is 0 Å². The van der Waals surface area contributed by atoms with Crippen molar-refractivity contribution in [2.45, 2.75) is 45.4 Å². The summed E-state index contributed by atoms with van der Waals surface area (Å²) in [7, 11) is 0. The van der Waals surface area contributed by atoms with Gasteiger partial charge in [-0.25, -0.2) is 0 Å². The minimum absolute atomic E-state index is 0.0887. The molecular weight excluding hydrogens is 555 g/mol. The summed E-state index contributed by atoms with van der Waals surface area (Å²) in [6.45, 7) is 11.9. The Labute approximate surface area is 271 Å². The van der Waals surface area contributed by atoms with Crippen molar-refractivity contribution in [1.82, 2.24) is 0 Å². The molecule has 0 fully saturated rings. The van der Waals surface area contributed by atoms with Crippen molar-refractivity contribution < 1.29 is 0 Å². The highest BCUT2D eigenvalue weighted by molar-refractivity contribution is 6.11. The van der Waals surface area contributed by atoms with E-state index in [-0.39, 0.29) is 10.8 Å². The van der Waals surface area contributed by atoms with E-state index in [9.17, 15) is 0 Å². The molecule has 2 aliphatic rings. The maximum absolute atomic E-state index is 2.56. The van der Waals surface area contributed by atoms with Gasteiger partial charge in [0.25, 0.3) is 0 Å². The van der Waals surface area contributed by atoms with Gasteiger partial charge in [-0.05, 0) is 116 Å². The zero-order chi connectivity index (χ0) is 31.4. The molecule has 7 aromatic rings. The molecule has 0 saturated heterocycles. The first kappa shape index (κ1) is 27.2. The fourth-order valence-electron chi connectivity index (χ4n) is 8.58. The molecular formula is C45H37N. The minimum atomic E-state index is -0.176. The second-order valence-electron chi connectivity index (χ2n) is 14.2. The molecule has 0 aromatic heterocycles. The normalized spacial score (nSPS) is 15.0. The van der Waals surface area contributed by atoms with Gasteiger partial charge in [0.05, 0.1) is 5.69 Å². The number of nitrogens with zero attached hydrogens (tertiary/aromatic N) is 1. The third kappa shape index (κ3) is 3.57. The summed E-state index contributed by atoms with van der Waals surface area (Å²) in [4.78, 5) is 2.43. The Bertz CT molecular complexity index is 2320. The van der Waals surface area contributed by atoms with E-state index in [1.165, 1.54) is 77.3 Å². The first-order valence-corrected chi connectivity index (χ1v) is 16.5. The fourth-order valence-corrected chi connectivity index (χ4v) is 8.58. The lowest BCUT2D eigenvalue weighted by atomic mass is 9.79. The van der Waals surface area contributed by atoms with Crippen LogP contribution in [0.3, 0.4) is 0 Å². The molecule has 9 rings (SSSR count). The summed E-state index contributed by atoms with van der Waals surface area (Å²) >= 11 is 0. The summed E-state index contributed by atoms with van der Waals surface area (Å²) in [6.07, 6.45) is 0. The molecule has 0 aliphatic heterocycles. The fraction of sp³-hybridized carbons (Fsp3) is 0.156. The van der Waals surface area contributed by atoms with Gasteiger partial charge in [0.1, 0.15) is 0 Å². The van der Waals surface area contributed by atoms with Crippen molar-refractivity contribution in [2.75, 3.05) is 4.90 Å². The van der Waals surface area contributed by atoms with E-state index >= 15 is 0 Å². The first-order valence-electron chi connectivity index (χ1n) is 16.5. The van der Waals surface area contributed by atoms with Crippen molar-refractivity contribution in [3.8, 4) is 22.3 Å². The SMILES string of the molecule is Cc1cc2c(c3ccccc13)-c1cc3c(cc1C2(C)C)-c1c(cc(N(c2ccccc2)c2ccccc2)c2ccccc12)C3(C)C. The van der Waals surface area contributed by atoms with Crippen LogP contribution in [0.1, 0.15) is 55.5 Å². The molecule has 1 nitrogen and oxygen atoms in total. The first-order chi connectivity index (χ1) is 22.3. The van der Waals surface area contributed by atoms with Gasteiger partial charge in [-0.1, -0.05) is 119 Å². The molecule has 0 amide bonds. The lowest BCUT2D eigenvalue weighted by molar-refractivity contribution is 0.652. The average Bonchev–Trinajstić information content (AvgIpc) is 3.44. The number of fused-ring (bicyclic) bond motifs is 10. The van der Waals surface area contributed by atoms with Crippen LogP contribution in [0.4, 0.5) is 17.1 Å². The molecule has 7 aromatic carbocycles. The van der Waals surface area contributed by atoms with Gasteiger partial charge >= 0.3 is 0 Å². The van der Waals surface area contributed by atoms with Crippen LogP contribution in [0.5, 0.6) is 0 Å². The van der Waals surface area contributed by atoms with E-state index in [4.69, 9.17) is 0 Å². The highest BCUT2D eigenvalue weighted by atomic mass is 15.1. The molecule has 0 N–H and O–H groups in total. The van der Waals surface area contributed by atoms with Gasteiger partial charge < -0.3 is 4.90 Å². The Hall–Kier alpha value is -5.14. The number of aryl methyl sites for hydroxylation is 1. The Kier molecular flexibility index (Phi) is 5.58. The van der Waals surface area contributed by atoms with Crippen molar-refractivity contribution in [1.29, 1.82) is 0 Å². The molecule has 0 spiro atoms. The number of benzene rings is 7. The Morgan fingerprint density at radius 1 is 0.413 bits per heavy atom. The molecule has 0 saturated carbocycles. The van der Waals surface area contributed by atoms with Gasteiger partial charge in [-0.3, -0.25) is 0 Å². The number of para-hydroxylation sites is 2. The third-order valence-corrected chi connectivity index (χ3v) is 10.9. The summed E-state index contributed by atoms with van der Waals surface area (Å²) < 4.78 is 0. The molecule has 0 unspecified atom stereocenters. The van der Waals surface area contributed by atoms with Crippen LogP contribution in [0.15, 0.2) is 133 Å². The molecule has 46 heavy (non-hydrogen) atoms. The van der Waals surface area contributed by atoms with Crippen LogP contribution in [0, 0.1) is 6.92 Å². The summed E-state index contributed by atoms with van der Waals surface area (Å²) in [5.74, 6) is 0. The smallest absolute Gasteiger partial charge is 0.0543 e. The Balaban J connectivity index is 1.34. The van der Waals surface area contributed by atoms with E-state index in [0.29, 0.717) is 0 Å². The van der Waals surface area contributed by atoms with E-state index in [1.807, 2.05) is 0 Å². The predicted octanol–water partition coefficient (Wildman–Crippen LogP) is 12.4. The maximum atomic E-state index is 2.56. The van der Waals surface area contributed by atoms with Crippen molar-refractivity contribution >= 4 is 38.6 Å². The Morgan fingerprint density at radius 3 is 1.35 bits per heavy atom. The number of anilines is 3. The Morgan fingerprint density at radius 2 is 0.826 bits per heavy atom. The van der Waals surface area contributed by atoms with Gasteiger partial charge in [0, 0.05) is 27.6 Å². The lowest BCUT2D eigenvalue weighted by Crippen LogP contribution is -2.18. The second kappa shape index (κ2) is 9.44. The minimum Gasteiger partial charge on any atom is -0.310 e. The highest BCUT2D eigenvalue weighted by Gasteiger charge is 2.43. The van der Waals surface area contributed by atoms with Crippen molar-refractivity contribution in [3.63, 3.8) is 0 Å². The van der Waals surface area contributed by atoms with E-state index < -0.39 is 0 Å². The molecule has 0 atom stereocenters. The van der Waals surface area contributed by atoms with E-state index in [1.54, 1.807) is 0 Å². The molecule has 0 heterocycles. The van der Waals surface area contributed by atoms with Crippen LogP contribution in [-0.4, -0.2) is 0 Å². The topological polar surface area (TPSA) is 3.24 Å². The van der Waals surface area contributed by atoms with Crippen LogP contribution in [0.2, 0.25) is 0 Å². The largest absolute Gasteiger partial charge is 0.310 e. The molecule has 1 heteroatoms. The quantitative estimate of drug-likeness (QED) is 0.198. The maximum Gasteiger partial charge on any atom is 0.0543 e. The molecule has 0 radical (unpaired) electrons. The van der Waals surface area contributed by atoms with Crippen LogP contribution >= 0.6 is 0 Å². The summed E-state index contributed by atoms with van der Waals surface area (Å²) in [5, 5.41) is 5.30. The number of rotatable bonds is 3. The van der Waals surface area contributed by atoms with Gasteiger partial charge in [-0.15, -0.1) is 0 Å². The average molecular weight is 592 g/mol. The highest BCUT2D eigenvalue weighted by Crippen LogP contribution is 2.59. The van der Waals surface area contributed by atoms with Crippen LogP contribution < -0.4 is 4.90 Å². The monoisotopic (exact) mass is 591 g/mol.